The molecule has 0 aliphatic carbocycles. The normalized spacial score (nSPS) is 42.5. The molecule has 6 heteroatoms. The van der Waals surface area contributed by atoms with Crippen LogP contribution in [-0.4, -0.2) is 48.6 Å². The van der Waals surface area contributed by atoms with Gasteiger partial charge in [-0.1, -0.05) is 0 Å². The van der Waals surface area contributed by atoms with Gasteiger partial charge in [0.2, 0.25) is 0 Å². The summed E-state index contributed by atoms with van der Waals surface area (Å²) < 4.78 is 16.2. The van der Waals surface area contributed by atoms with Crippen molar-refractivity contribution in [3.63, 3.8) is 0 Å². The van der Waals surface area contributed by atoms with Crippen molar-refractivity contribution in [3.8, 4) is 0 Å². The fraction of sp³-hybridized carbons (Fsp3) is 0.846. The minimum absolute atomic E-state index is 0.00532. The molecular formula is C13H18O6. The molecule has 1 N–H and O–H groups in total. The lowest BCUT2D eigenvalue weighted by molar-refractivity contribution is -0.155. The van der Waals surface area contributed by atoms with Crippen molar-refractivity contribution >= 4 is 11.9 Å². The first-order valence-corrected chi connectivity index (χ1v) is 6.82. The number of aliphatic hydroxyl groups excluding tert-OH is 1. The highest BCUT2D eigenvalue weighted by molar-refractivity contribution is 5.86. The van der Waals surface area contributed by atoms with Crippen molar-refractivity contribution in [1.29, 1.82) is 0 Å². The molecular weight excluding hydrogens is 252 g/mol. The van der Waals surface area contributed by atoms with Gasteiger partial charge in [0, 0.05) is 12.5 Å². The van der Waals surface area contributed by atoms with E-state index in [1.807, 2.05) is 0 Å². The Kier molecular flexibility index (Phi) is 3.22. The monoisotopic (exact) mass is 270 g/mol. The number of hydrogen-bond acceptors (Lipinski definition) is 6. The average molecular weight is 270 g/mol. The fourth-order valence-electron chi connectivity index (χ4n) is 3.66. The summed E-state index contributed by atoms with van der Waals surface area (Å²) in [6, 6.07) is 0. The van der Waals surface area contributed by atoms with E-state index in [-0.39, 0.29) is 42.8 Å². The maximum absolute atomic E-state index is 12.0. The van der Waals surface area contributed by atoms with Gasteiger partial charge in [0.05, 0.1) is 18.6 Å². The van der Waals surface area contributed by atoms with Crippen molar-refractivity contribution < 1.29 is 28.9 Å². The first kappa shape index (κ1) is 12.9. The van der Waals surface area contributed by atoms with Crippen LogP contribution in [0.15, 0.2) is 0 Å². The van der Waals surface area contributed by atoms with Crippen LogP contribution >= 0.6 is 0 Å². The van der Waals surface area contributed by atoms with Crippen molar-refractivity contribution in [2.75, 3.05) is 13.2 Å². The zero-order valence-electron chi connectivity index (χ0n) is 10.8. The zero-order chi connectivity index (χ0) is 13.6. The molecule has 0 spiro atoms. The molecule has 0 aromatic carbocycles. The number of aliphatic hydroxyl groups is 1. The Morgan fingerprint density at radius 1 is 1.37 bits per heavy atom. The summed E-state index contributed by atoms with van der Waals surface area (Å²) in [5, 5.41) is 8.94. The predicted octanol–water partition coefficient (Wildman–Crippen LogP) is -0.123. The van der Waals surface area contributed by atoms with Crippen LogP contribution in [0, 0.1) is 17.8 Å². The topological polar surface area (TPSA) is 82.1 Å². The maximum Gasteiger partial charge on any atom is 0.313 e. The number of carbonyl (C=O) groups excluding carboxylic acids is 2. The molecule has 0 saturated carbocycles. The molecule has 0 aromatic rings. The molecule has 3 saturated heterocycles. The van der Waals surface area contributed by atoms with Crippen molar-refractivity contribution in [1.82, 2.24) is 0 Å². The largest absolute Gasteiger partial charge is 0.466 e. The number of carbonyl (C=O) groups is 2. The zero-order valence-corrected chi connectivity index (χ0v) is 10.8. The van der Waals surface area contributed by atoms with Crippen LogP contribution in [0.3, 0.4) is 0 Å². The quantitative estimate of drug-likeness (QED) is 0.701. The van der Waals surface area contributed by atoms with Crippen LogP contribution in [0.1, 0.15) is 19.8 Å². The third-order valence-electron chi connectivity index (χ3n) is 4.36. The molecule has 3 aliphatic rings. The molecule has 2 bridgehead atoms. The third-order valence-corrected chi connectivity index (χ3v) is 4.36. The van der Waals surface area contributed by atoms with E-state index in [2.05, 4.69) is 0 Å². The molecule has 0 amide bonds. The minimum atomic E-state index is -0.542. The molecule has 0 radical (unpaired) electrons. The SMILES string of the molecule is CCOC(=O)C1C2OC3C(OC(=O)C31)C2CCCO. The summed E-state index contributed by atoms with van der Waals surface area (Å²) in [4.78, 5) is 23.9. The fourth-order valence-corrected chi connectivity index (χ4v) is 3.66. The summed E-state index contributed by atoms with van der Waals surface area (Å²) in [5.74, 6) is -1.76. The van der Waals surface area contributed by atoms with Gasteiger partial charge in [-0.05, 0) is 19.8 Å². The Morgan fingerprint density at radius 2 is 2.16 bits per heavy atom. The number of rotatable bonds is 5. The number of esters is 2. The Hall–Kier alpha value is -1.14. The van der Waals surface area contributed by atoms with Crippen LogP contribution in [0.4, 0.5) is 0 Å². The van der Waals surface area contributed by atoms with Gasteiger partial charge < -0.3 is 19.3 Å². The molecule has 6 atom stereocenters. The third kappa shape index (κ3) is 1.77. The van der Waals surface area contributed by atoms with E-state index in [0.29, 0.717) is 19.4 Å². The lowest BCUT2D eigenvalue weighted by Crippen LogP contribution is -2.42. The first-order chi connectivity index (χ1) is 9.19. The summed E-state index contributed by atoms with van der Waals surface area (Å²) in [5.41, 5.74) is 0. The standard InChI is InChI=1S/C13H18O6/c1-2-17-12(15)7-8-11-10(19-13(8)16)6(4-3-5-14)9(7)18-11/h6-11,14H,2-5H2,1H3. The van der Waals surface area contributed by atoms with E-state index >= 15 is 0 Å². The van der Waals surface area contributed by atoms with Gasteiger partial charge in [-0.15, -0.1) is 0 Å². The second-order valence-electron chi connectivity index (χ2n) is 5.30. The highest BCUT2D eigenvalue weighted by Crippen LogP contribution is 2.54. The van der Waals surface area contributed by atoms with Crippen LogP contribution in [0.25, 0.3) is 0 Å². The van der Waals surface area contributed by atoms with Gasteiger partial charge in [0.25, 0.3) is 0 Å². The van der Waals surface area contributed by atoms with E-state index in [1.54, 1.807) is 6.92 Å². The molecule has 6 unspecified atom stereocenters. The van der Waals surface area contributed by atoms with Crippen LogP contribution in [-0.2, 0) is 23.8 Å². The Bertz CT molecular complexity index is 395. The van der Waals surface area contributed by atoms with E-state index in [9.17, 15) is 9.59 Å². The predicted molar refractivity (Wildman–Crippen MR) is 62.0 cm³/mol. The second kappa shape index (κ2) is 4.76. The van der Waals surface area contributed by atoms with Crippen molar-refractivity contribution in [2.24, 2.45) is 17.8 Å². The molecule has 6 nitrogen and oxygen atoms in total. The van der Waals surface area contributed by atoms with Gasteiger partial charge in [0.1, 0.15) is 18.1 Å². The molecule has 3 aliphatic heterocycles. The van der Waals surface area contributed by atoms with Crippen molar-refractivity contribution in [2.45, 2.75) is 38.1 Å². The molecule has 3 heterocycles. The van der Waals surface area contributed by atoms with Gasteiger partial charge in [-0.3, -0.25) is 9.59 Å². The Balaban J connectivity index is 1.82. The summed E-state index contributed by atoms with van der Waals surface area (Å²) >= 11 is 0. The lowest BCUT2D eigenvalue weighted by atomic mass is 9.73. The van der Waals surface area contributed by atoms with Crippen molar-refractivity contribution in [3.05, 3.63) is 0 Å². The van der Waals surface area contributed by atoms with Gasteiger partial charge in [0.15, 0.2) is 0 Å². The van der Waals surface area contributed by atoms with Gasteiger partial charge in [-0.2, -0.15) is 0 Å². The Morgan fingerprint density at radius 3 is 2.84 bits per heavy atom. The smallest absolute Gasteiger partial charge is 0.313 e. The van der Waals surface area contributed by atoms with Crippen LogP contribution in [0.2, 0.25) is 0 Å². The summed E-state index contributed by atoms with van der Waals surface area (Å²) in [6.45, 7) is 2.12. The molecule has 3 fully saturated rings. The van der Waals surface area contributed by atoms with E-state index in [1.165, 1.54) is 0 Å². The second-order valence-corrected chi connectivity index (χ2v) is 5.30. The Labute approximate surface area is 111 Å². The highest BCUT2D eigenvalue weighted by Gasteiger charge is 2.70. The van der Waals surface area contributed by atoms with Gasteiger partial charge in [-0.25, -0.2) is 0 Å². The van der Waals surface area contributed by atoms with Crippen LogP contribution < -0.4 is 0 Å². The first-order valence-electron chi connectivity index (χ1n) is 6.82. The molecule has 3 rings (SSSR count). The van der Waals surface area contributed by atoms with Gasteiger partial charge >= 0.3 is 11.9 Å². The highest BCUT2D eigenvalue weighted by atomic mass is 16.6. The molecule has 19 heavy (non-hydrogen) atoms. The summed E-state index contributed by atoms with van der Waals surface area (Å²) in [6.07, 6.45) is 0.441. The average Bonchev–Trinajstić information content (AvgIpc) is 2.97. The van der Waals surface area contributed by atoms with E-state index in [4.69, 9.17) is 19.3 Å². The lowest BCUT2D eigenvalue weighted by Gasteiger charge is -2.27. The number of hydrogen-bond donors (Lipinski definition) is 1. The van der Waals surface area contributed by atoms with E-state index < -0.39 is 11.8 Å². The van der Waals surface area contributed by atoms with Crippen LogP contribution in [0.5, 0.6) is 0 Å². The summed E-state index contributed by atoms with van der Waals surface area (Å²) in [7, 11) is 0. The maximum atomic E-state index is 12.0. The minimum Gasteiger partial charge on any atom is -0.466 e. The number of ether oxygens (including phenoxy) is 3. The molecule has 0 aromatic heterocycles. The number of fused-ring (bicyclic) bond motifs is 1. The van der Waals surface area contributed by atoms with E-state index in [0.717, 1.165) is 0 Å². The molecule has 106 valence electrons.